The van der Waals surface area contributed by atoms with Crippen molar-refractivity contribution in [3.63, 3.8) is 0 Å². The molecule has 0 radical (unpaired) electrons. The SMILES string of the molecule is CS(=O)(=O)Nc1cccc(NC(=O)c2cccc(Br)c2)c1. The van der Waals surface area contributed by atoms with Crippen molar-refractivity contribution < 1.29 is 13.2 Å². The number of benzene rings is 2. The van der Waals surface area contributed by atoms with Crippen LogP contribution in [0.3, 0.4) is 0 Å². The molecule has 21 heavy (non-hydrogen) atoms. The number of anilines is 2. The number of sulfonamides is 1. The van der Waals surface area contributed by atoms with Crippen molar-refractivity contribution in [2.75, 3.05) is 16.3 Å². The molecule has 2 aromatic carbocycles. The number of amides is 1. The van der Waals surface area contributed by atoms with E-state index >= 15 is 0 Å². The van der Waals surface area contributed by atoms with Gasteiger partial charge < -0.3 is 5.32 Å². The van der Waals surface area contributed by atoms with E-state index in [1.807, 2.05) is 6.07 Å². The molecule has 0 aliphatic rings. The van der Waals surface area contributed by atoms with Crippen LogP contribution < -0.4 is 10.0 Å². The van der Waals surface area contributed by atoms with Gasteiger partial charge in [0, 0.05) is 15.7 Å². The van der Waals surface area contributed by atoms with Gasteiger partial charge >= 0.3 is 0 Å². The zero-order chi connectivity index (χ0) is 15.5. The first-order valence-corrected chi connectivity index (χ1v) is 8.67. The van der Waals surface area contributed by atoms with Crippen LogP contribution in [0.25, 0.3) is 0 Å². The third kappa shape index (κ3) is 4.87. The molecule has 5 nitrogen and oxygen atoms in total. The summed E-state index contributed by atoms with van der Waals surface area (Å²) in [5.41, 5.74) is 1.41. The zero-order valence-electron chi connectivity index (χ0n) is 11.1. The maximum Gasteiger partial charge on any atom is 0.255 e. The number of hydrogen-bond donors (Lipinski definition) is 2. The first-order chi connectivity index (χ1) is 9.83. The molecule has 7 heteroatoms. The Hall–Kier alpha value is -1.86. The van der Waals surface area contributed by atoms with Crippen LogP contribution >= 0.6 is 15.9 Å². The van der Waals surface area contributed by atoms with Gasteiger partial charge in [-0.3, -0.25) is 9.52 Å². The summed E-state index contributed by atoms with van der Waals surface area (Å²) in [6.45, 7) is 0. The summed E-state index contributed by atoms with van der Waals surface area (Å²) in [6, 6.07) is 13.5. The maximum absolute atomic E-state index is 12.1. The first-order valence-electron chi connectivity index (χ1n) is 5.98. The average Bonchev–Trinajstić information content (AvgIpc) is 2.37. The molecule has 0 aromatic heterocycles. The highest BCUT2D eigenvalue weighted by Crippen LogP contribution is 2.18. The molecule has 0 unspecified atom stereocenters. The molecule has 2 aromatic rings. The second kappa shape index (κ2) is 6.28. The van der Waals surface area contributed by atoms with Crippen molar-refractivity contribution in [3.05, 3.63) is 58.6 Å². The lowest BCUT2D eigenvalue weighted by Crippen LogP contribution is -2.13. The monoisotopic (exact) mass is 368 g/mol. The Bertz CT molecular complexity index is 775. The van der Waals surface area contributed by atoms with Crippen LogP contribution in [0.4, 0.5) is 11.4 Å². The van der Waals surface area contributed by atoms with Gasteiger partial charge in [0.05, 0.1) is 11.9 Å². The third-order valence-electron chi connectivity index (χ3n) is 2.51. The van der Waals surface area contributed by atoms with Crippen molar-refractivity contribution in [1.82, 2.24) is 0 Å². The fraction of sp³-hybridized carbons (Fsp3) is 0.0714. The van der Waals surface area contributed by atoms with E-state index < -0.39 is 10.0 Å². The Kier molecular flexibility index (Phi) is 4.64. The van der Waals surface area contributed by atoms with E-state index in [1.54, 1.807) is 42.5 Å². The van der Waals surface area contributed by atoms with Crippen LogP contribution in [0, 0.1) is 0 Å². The molecule has 0 aliphatic heterocycles. The zero-order valence-corrected chi connectivity index (χ0v) is 13.5. The molecule has 0 atom stereocenters. The Morgan fingerprint density at radius 2 is 1.71 bits per heavy atom. The van der Waals surface area contributed by atoms with Gasteiger partial charge in [0.15, 0.2) is 0 Å². The molecular weight excluding hydrogens is 356 g/mol. The smallest absolute Gasteiger partial charge is 0.255 e. The van der Waals surface area contributed by atoms with E-state index in [9.17, 15) is 13.2 Å². The molecular formula is C14H13BrN2O3S. The Morgan fingerprint density at radius 3 is 2.38 bits per heavy atom. The highest BCUT2D eigenvalue weighted by molar-refractivity contribution is 9.10. The van der Waals surface area contributed by atoms with E-state index in [-0.39, 0.29) is 5.91 Å². The minimum atomic E-state index is -3.35. The minimum Gasteiger partial charge on any atom is -0.322 e. The van der Waals surface area contributed by atoms with Gasteiger partial charge in [-0.1, -0.05) is 28.1 Å². The first kappa shape index (κ1) is 15.5. The largest absolute Gasteiger partial charge is 0.322 e. The highest BCUT2D eigenvalue weighted by Gasteiger charge is 2.08. The molecule has 0 bridgehead atoms. The van der Waals surface area contributed by atoms with Gasteiger partial charge in [-0.05, 0) is 36.4 Å². The predicted octanol–water partition coefficient (Wildman–Crippen LogP) is 3.07. The molecule has 0 saturated carbocycles. The van der Waals surface area contributed by atoms with Gasteiger partial charge in [0.25, 0.3) is 5.91 Å². The fourth-order valence-electron chi connectivity index (χ4n) is 1.71. The lowest BCUT2D eigenvalue weighted by Gasteiger charge is -2.08. The number of nitrogens with one attached hydrogen (secondary N) is 2. The van der Waals surface area contributed by atoms with Crippen molar-refractivity contribution in [1.29, 1.82) is 0 Å². The summed E-state index contributed by atoms with van der Waals surface area (Å²) in [6.07, 6.45) is 1.07. The molecule has 1 amide bonds. The molecule has 110 valence electrons. The average molecular weight is 369 g/mol. The number of hydrogen-bond acceptors (Lipinski definition) is 3. The van der Waals surface area contributed by atoms with E-state index in [1.165, 1.54) is 0 Å². The number of rotatable bonds is 4. The minimum absolute atomic E-state index is 0.271. The highest BCUT2D eigenvalue weighted by atomic mass is 79.9. The van der Waals surface area contributed by atoms with Gasteiger partial charge in [0.2, 0.25) is 10.0 Å². The summed E-state index contributed by atoms with van der Waals surface area (Å²) in [5, 5.41) is 2.72. The molecule has 0 aliphatic carbocycles. The molecule has 2 rings (SSSR count). The van der Waals surface area contributed by atoms with Crippen molar-refractivity contribution in [2.24, 2.45) is 0 Å². The van der Waals surface area contributed by atoms with Crippen LogP contribution in [0.2, 0.25) is 0 Å². The van der Waals surface area contributed by atoms with E-state index in [0.29, 0.717) is 16.9 Å². The van der Waals surface area contributed by atoms with Gasteiger partial charge in [-0.2, -0.15) is 0 Å². The second-order valence-corrected chi connectivity index (χ2v) is 7.08. The van der Waals surface area contributed by atoms with E-state index in [0.717, 1.165) is 10.7 Å². The van der Waals surface area contributed by atoms with E-state index in [2.05, 4.69) is 26.0 Å². The Morgan fingerprint density at radius 1 is 1.05 bits per heavy atom. The fourth-order valence-corrected chi connectivity index (χ4v) is 2.66. The number of carbonyl (C=O) groups excluding carboxylic acids is 1. The Labute approximate surface area is 131 Å². The van der Waals surface area contributed by atoms with Gasteiger partial charge in [-0.25, -0.2) is 8.42 Å². The quantitative estimate of drug-likeness (QED) is 0.870. The van der Waals surface area contributed by atoms with Crippen molar-refractivity contribution >= 4 is 43.2 Å². The van der Waals surface area contributed by atoms with Crippen LogP contribution in [-0.2, 0) is 10.0 Å². The summed E-state index contributed by atoms with van der Waals surface area (Å²) >= 11 is 3.30. The lowest BCUT2D eigenvalue weighted by molar-refractivity contribution is 0.102. The maximum atomic E-state index is 12.1. The van der Waals surface area contributed by atoms with Crippen LogP contribution in [-0.4, -0.2) is 20.6 Å². The summed E-state index contributed by atoms with van der Waals surface area (Å²) in [4.78, 5) is 12.1. The summed E-state index contributed by atoms with van der Waals surface area (Å²) in [7, 11) is -3.35. The standard InChI is InChI=1S/C14H13BrN2O3S/c1-21(19,20)17-13-7-3-6-12(9-13)16-14(18)10-4-2-5-11(15)8-10/h2-9,17H,1H3,(H,16,18). The topological polar surface area (TPSA) is 75.3 Å². The normalized spacial score (nSPS) is 11.0. The summed E-state index contributed by atoms with van der Waals surface area (Å²) in [5.74, 6) is -0.271. The Balaban J connectivity index is 2.16. The number of halogens is 1. The molecule has 0 saturated heterocycles. The van der Waals surface area contributed by atoms with E-state index in [4.69, 9.17) is 0 Å². The third-order valence-corrected chi connectivity index (χ3v) is 3.61. The predicted molar refractivity (Wildman–Crippen MR) is 87.0 cm³/mol. The molecule has 0 spiro atoms. The van der Waals surface area contributed by atoms with Gasteiger partial charge in [-0.15, -0.1) is 0 Å². The summed E-state index contributed by atoms with van der Waals surface area (Å²) < 4.78 is 25.5. The molecule has 0 fully saturated rings. The molecule has 0 heterocycles. The van der Waals surface area contributed by atoms with Gasteiger partial charge in [0.1, 0.15) is 0 Å². The van der Waals surface area contributed by atoms with Crippen LogP contribution in [0.5, 0.6) is 0 Å². The number of carbonyl (C=O) groups is 1. The second-order valence-electron chi connectivity index (χ2n) is 4.42. The molecule has 2 N–H and O–H groups in total. The van der Waals surface area contributed by atoms with Crippen molar-refractivity contribution in [2.45, 2.75) is 0 Å². The van der Waals surface area contributed by atoms with Crippen LogP contribution in [0.15, 0.2) is 53.0 Å². The van der Waals surface area contributed by atoms with Crippen molar-refractivity contribution in [3.8, 4) is 0 Å². The van der Waals surface area contributed by atoms with Crippen LogP contribution in [0.1, 0.15) is 10.4 Å². The lowest BCUT2D eigenvalue weighted by atomic mass is 10.2.